The first-order chi connectivity index (χ1) is 21.9. The van der Waals surface area contributed by atoms with Gasteiger partial charge in [-0.05, 0) is 94.5 Å². The minimum atomic E-state index is -1.17. The number of aromatic nitrogens is 1. The molecule has 2 amide bonds. The average Bonchev–Trinajstić information content (AvgIpc) is 2.94. The molecule has 250 valence electrons. The monoisotopic (exact) mass is 656 g/mol. The van der Waals surface area contributed by atoms with Gasteiger partial charge >= 0.3 is 18.2 Å². The molecule has 11 nitrogen and oxygen atoms in total. The third kappa shape index (κ3) is 9.25. The minimum Gasteiger partial charge on any atom is -0.480 e. The Balaban J connectivity index is 1.05. The molecule has 1 unspecified atom stereocenters. The lowest BCUT2D eigenvalue weighted by Crippen LogP contribution is -2.54. The van der Waals surface area contributed by atoms with Crippen LogP contribution in [0.25, 0.3) is 0 Å². The molecule has 1 aromatic carbocycles. The summed E-state index contributed by atoms with van der Waals surface area (Å²) in [7, 11) is 0. The van der Waals surface area contributed by atoms with Crippen molar-refractivity contribution < 1.29 is 33.7 Å². The molecule has 3 aliphatic rings. The van der Waals surface area contributed by atoms with Gasteiger partial charge in [0.1, 0.15) is 23.6 Å². The number of likely N-dealkylation sites (tertiary alicyclic amines) is 1. The molecule has 2 aromatic rings. The number of nitrogens with zero attached hydrogens (tertiary/aromatic N) is 2. The lowest BCUT2D eigenvalue weighted by molar-refractivity contribution is -0.140. The normalized spacial score (nSPS) is 20.7. The van der Waals surface area contributed by atoms with Gasteiger partial charge in [0.25, 0.3) is 0 Å². The number of benzene rings is 1. The first-order valence-corrected chi connectivity index (χ1v) is 16.6. The Labute approximate surface area is 275 Å². The van der Waals surface area contributed by atoms with Crippen LogP contribution in [0.15, 0.2) is 36.4 Å². The van der Waals surface area contributed by atoms with Crippen LogP contribution in [-0.2, 0) is 31.8 Å². The highest BCUT2D eigenvalue weighted by Gasteiger charge is 2.41. The second-order valence-corrected chi connectivity index (χ2v) is 14.0. The quantitative estimate of drug-likeness (QED) is 0.251. The van der Waals surface area contributed by atoms with E-state index in [1.807, 2.05) is 0 Å². The Morgan fingerprint density at radius 1 is 1.17 bits per heavy atom. The van der Waals surface area contributed by atoms with E-state index in [4.69, 9.17) is 30.8 Å². The second-order valence-electron chi connectivity index (χ2n) is 13.6. The van der Waals surface area contributed by atoms with Gasteiger partial charge in [-0.1, -0.05) is 29.8 Å². The minimum absolute atomic E-state index is 0.0864. The van der Waals surface area contributed by atoms with Crippen LogP contribution in [0.5, 0.6) is 0 Å². The van der Waals surface area contributed by atoms with Crippen molar-refractivity contribution in [2.75, 3.05) is 31.6 Å². The number of pyridine rings is 1. The lowest BCUT2D eigenvalue weighted by Gasteiger charge is -2.43. The van der Waals surface area contributed by atoms with Crippen LogP contribution >= 0.6 is 11.6 Å². The summed E-state index contributed by atoms with van der Waals surface area (Å²) in [6.45, 7) is 7.21. The molecular weight excluding hydrogens is 612 g/mol. The molecule has 2 fully saturated rings. The van der Waals surface area contributed by atoms with E-state index in [1.165, 1.54) is 5.56 Å². The number of hydrogen-bond acceptors (Lipinski definition) is 8. The fourth-order valence-electron chi connectivity index (χ4n) is 6.11. The van der Waals surface area contributed by atoms with E-state index >= 15 is 0 Å². The van der Waals surface area contributed by atoms with Crippen molar-refractivity contribution in [1.29, 1.82) is 0 Å². The topological polar surface area (TPSA) is 139 Å². The van der Waals surface area contributed by atoms with Gasteiger partial charge in [0, 0.05) is 49.3 Å². The number of carboxylic acid groups (broad SMARTS) is 1. The number of aliphatic carboxylic acids is 1. The Bertz CT molecular complexity index is 1390. The van der Waals surface area contributed by atoms with E-state index in [9.17, 15) is 19.5 Å². The first kappa shape index (κ1) is 33.8. The molecule has 1 aromatic heterocycles. The number of halogens is 1. The number of alkyl carbamates (subject to hydrolysis) is 1. The molecule has 0 spiro atoms. The molecule has 3 N–H and O–H groups in total. The first-order valence-electron chi connectivity index (χ1n) is 16.2. The van der Waals surface area contributed by atoms with E-state index in [0.717, 1.165) is 56.6 Å². The summed E-state index contributed by atoms with van der Waals surface area (Å²) in [5.74, 6) is 0.199. The second kappa shape index (κ2) is 14.9. The van der Waals surface area contributed by atoms with Gasteiger partial charge < -0.3 is 34.9 Å². The van der Waals surface area contributed by atoms with Crippen molar-refractivity contribution in [2.45, 2.75) is 89.6 Å². The Morgan fingerprint density at radius 2 is 1.96 bits per heavy atom. The fourth-order valence-corrected chi connectivity index (χ4v) is 6.31. The number of aryl methyl sites for hydroxylation is 2. The van der Waals surface area contributed by atoms with Gasteiger partial charge in [-0.3, -0.25) is 0 Å². The van der Waals surface area contributed by atoms with Crippen LogP contribution in [0.1, 0.15) is 75.8 Å². The molecule has 3 heterocycles. The van der Waals surface area contributed by atoms with Gasteiger partial charge in [0.15, 0.2) is 0 Å². The number of carbonyl (C=O) groups excluding carboxylic acids is 2. The number of amides is 2. The van der Waals surface area contributed by atoms with E-state index in [1.54, 1.807) is 49.9 Å². The Hall–Kier alpha value is -3.57. The summed E-state index contributed by atoms with van der Waals surface area (Å²) < 4.78 is 17.2. The van der Waals surface area contributed by atoms with Gasteiger partial charge in [-0.25, -0.2) is 19.4 Å². The summed E-state index contributed by atoms with van der Waals surface area (Å²) in [4.78, 5) is 43.7. The van der Waals surface area contributed by atoms with Gasteiger partial charge in [0.05, 0.1) is 6.10 Å². The highest BCUT2D eigenvalue weighted by Crippen LogP contribution is 2.36. The van der Waals surface area contributed by atoms with Crippen molar-refractivity contribution in [1.82, 2.24) is 15.2 Å². The molecule has 5 rings (SSSR count). The number of ether oxygens (including phenoxy) is 3. The molecule has 46 heavy (non-hydrogen) atoms. The predicted octanol–water partition coefficient (Wildman–Crippen LogP) is 6.00. The number of hydrogen-bond donors (Lipinski definition) is 3. The van der Waals surface area contributed by atoms with Gasteiger partial charge in [-0.2, -0.15) is 0 Å². The van der Waals surface area contributed by atoms with Crippen molar-refractivity contribution in [2.24, 2.45) is 11.8 Å². The number of carboxylic acids is 1. The van der Waals surface area contributed by atoms with Crippen LogP contribution in [-0.4, -0.2) is 77.1 Å². The fraction of sp³-hybridized carbons (Fsp3) is 0.588. The van der Waals surface area contributed by atoms with E-state index in [-0.39, 0.29) is 25.0 Å². The van der Waals surface area contributed by atoms with E-state index in [2.05, 4.69) is 22.8 Å². The van der Waals surface area contributed by atoms with E-state index in [0.29, 0.717) is 29.6 Å². The molecule has 12 heteroatoms. The molecule has 0 bridgehead atoms. The van der Waals surface area contributed by atoms with Crippen molar-refractivity contribution in [3.63, 3.8) is 0 Å². The number of anilines is 1. The lowest BCUT2D eigenvalue weighted by atomic mass is 9.79. The molecule has 1 saturated heterocycles. The molecule has 2 aliphatic heterocycles. The van der Waals surface area contributed by atoms with E-state index < -0.39 is 35.9 Å². The molecule has 0 radical (unpaired) electrons. The maximum Gasteiger partial charge on any atom is 0.410 e. The summed E-state index contributed by atoms with van der Waals surface area (Å²) >= 11 is 6.21. The van der Waals surface area contributed by atoms with Crippen LogP contribution in [0.3, 0.4) is 0 Å². The third-order valence-corrected chi connectivity index (χ3v) is 8.94. The third-order valence-electron chi connectivity index (χ3n) is 8.70. The molecule has 1 aliphatic carbocycles. The molecule has 2 atom stereocenters. The smallest absolute Gasteiger partial charge is 0.410 e. The van der Waals surface area contributed by atoms with Crippen LogP contribution in [0.2, 0.25) is 5.02 Å². The van der Waals surface area contributed by atoms with Gasteiger partial charge in [0.2, 0.25) is 0 Å². The molecule has 1 saturated carbocycles. The maximum absolute atomic E-state index is 13.0. The Kier molecular flexibility index (Phi) is 10.9. The predicted molar refractivity (Wildman–Crippen MR) is 173 cm³/mol. The SMILES string of the molecule is CC(C)(C)OC(=O)N1CC(C(OC(=O)N[C@@H](CCOC2CC(CCc3ccc4c(n3)NCCC4)C2)C(=O)O)c2cccc(Cl)c2)C1. The zero-order chi connectivity index (χ0) is 32.8. The Morgan fingerprint density at radius 3 is 2.67 bits per heavy atom. The number of fused-ring (bicyclic) bond motifs is 1. The molecular formula is C34H45ClN4O7. The number of rotatable bonds is 12. The maximum atomic E-state index is 13.0. The summed E-state index contributed by atoms with van der Waals surface area (Å²) in [5.41, 5.74) is 2.43. The highest BCUT2D eigenvalue weighted by molar-refractivity contribution is 6.30. The highest BCUT2D eigenvalue weighted by atomic mass is 35.5. The zero-order valence-corrected chi connectivity index (χ0v) is 27.6. The van der Waals surface area contributed by atoms with Crippen molar-refractivity contribution in [3.05, 3.63) is 58.2 Å². The number of carbonyl (C=O) groups is 3. The zero-order valence-electron chi connectivity index (χ0n) is 26.8. The van der Waals surface area contributed by atoms with Gasteiger partial charge in [-0.15, -0.1) is 0 Å². The summed E-state index contributed by atoms with van der Waals surface area (Å²) in [6, 6.07) is 10.1. The average molecular weight is 657 g/mol. The van der Waals surface area contributed by atoms with Crippen LogP contribution in [0, 0.1) is 11.8 Å². The van der Waals surface area contributed by atoms with Crippen LogP contribution < -0.4 is 10.6 Å². The largest absolute Gasteiger partial charge is 0.480 e. The number of nitrogens with one attached hydrogen (secondary N) is 2. The van der Waals surface area contributed by atoms with Crippen molar-refractivity contribution in [3.8, 4) is 0 Å². The summed E-state index contributed by atoms with van der Waals surface area (Å²) in [5, 5.41) is 16.1. The standard InChI is InChI=1S/C34H45ClN4O7/c1-34(2,3)46-33(43)39-19-24(20-39)29(23-6-4-8-25(35)18-23)45-32(42)38-28(31(40)41)13-15-44-27-16-21(17-27)9-11-26-12-10-22-7-5-14-36-30(22)37-26/h4,6,8,10,12,18,21,24,27-29H,5,7,9,11,13-17,19-20H2,1-3H3,(H,36,37)(H,38,42)(H,40,41)/t21?,27?,28-,29?/m0/s1. The van der Waals surface area contributed by atoms with Crippen LogP contribution in [0.4, 0.5) is 15.4 Å². The van der Waals surface area contributed by atoms with Crippen molar-refractivity contribution >= 4 is 35.6 Å². The summed E-state index contributed by atoms with van der Waals surface area (Å²) in [6.07, 6.45) is 4.22.